The number of hydrogen-bond donors (Lipinski definition) is 0. The summed E-state index contributed by atoms with van der Waals surface area (Å²) >= 11 is 0. The van der Waals surface area contributed by atoms with Gasteiger partial charge in [-0.25, -0.2) is 0 Å². The van der Waals surface area contributed by atoms with E-state index in [4.69, 9.17) is 9.47 Å². The summed E-state index contributed by atoms with van der Waals surface area (Å²) in [7, 11) is 1.47. The van der Waals surface area contributed by atoms with Gasteiger partial charge in [-0.2, -0.15) is 0 Å². The van der Waals surface area contributed by atoms with E-state index in [2.05, 4.69) is 13.8 Å². The Labute approximate surface area is 84.8 Å². The van der Waals surface area contributed by atoms with Crippen LogP contribution in [0.3, 0.4) is 0 Å². The summed E-state index contributed by atoms with van der Waals surface area (Å²) in [6, 6.07) is 0. The fourth-order valence-electron chi connectivity index (χ4n) is 2.74. The quantitative estimate of drug-likeness (QED) is 0.500. The summed E-state index contributed by atoms with van der Waals surface area (Å²) in [5, 5.41) is 0. The van der Waals surface area contributed by atoms with E-state index in [1.807, 2.05) is 0 Å². The van der Waals surface area contributed by atoms with E-state index < -0.39 is 0 Å². The molecule has 3 nitrogen and oxygen atoms in total. The molecule has 0 bridgehead atoms. The first-order chi connectivity index (χ1) is 6.58. The Balaban J connectivity index is 2.13. The molecule has 2 rings (SSSR count). The SMILES string of the molecule is COC(=O)[C@H]1[C@H](C2(C)CO2)CC[C@@H]1C. The molecule has 4 atom stereocenters. The third kappa shape index (κ3) is 1.44. The zero-order chi connectivity index (χ0) is 10.3. The predicted octanol–water partition coefficient (Wildman–Crippen LogP) is 1.61. The second-order valence-electron chi connectivity index (χ2n) is 4.81. The van der Waals surface area contributed by atoms with Crippen LogP contribution in [0.1, 0.15) is 26.7 Å². The van der Waals surface area contributed by atoms with Gasteiger partial charge in [-0.05, 0) is 25.7 Å². The highest BCUT2D eigenvalue weighted by Crippen LogP contribution is 2.49. The first kappa shape index (κ1) is 9.97. The van der Waals surface area contributed by atoms with Gasteiger partial charge >= 0.3 is 5.97 Å². The van der Waals surface area contributed by atoms with Gasteiger partial charge in [0.05, 0.1) is 25.2 Å². The Morgan fingerprint density at radius 2 is 2.14 bits per heavy atom. The molecular weight excluding hydrogens is 180 g/mol. The van der Waals surface area contributed by atoms with Gasteiger partial charge in [0.15, 0.2) is 0 Å². The van der Waals surface area contributed by atoms with Crippen LogP contribution in [0.25, 0.3) is 0 Å². The maximum Gasteiger partial charge on any atom is 0.309 e. The summed E-state index contributed by atoms with van der Waals surface area (Å²) in [5.41, 5.74) is -0.0381. The average Bonchev–Trinajstić information content (AvgIpc) is 2.77. The van der Waals surface area contributed by atoms with Crippen LogP contribution in [0.15, 0.2) is 0 Å². The summed E-state index contributed by atoms with van der Waals surface area (Å²) in [4.78, 5) is 11.6. The molecule has 0 radical (unpaired) electrons. The first-order valence-electron chi connectivity index (χ1n) is 5.30. The van der Waals surface area contributed by atoms with Gasteiger partial charge < -0.3 is 9.47 Å². The zero-order valence-corrected chi connectivity index (χ0v) is 9.08. The molecule has 0 amide bonds. The van der Waals surface area contributed by atoms with Crippen molar-refractivity contribution < 1.29 is 14.3 Å². The molecule has 14 heavy (non-hydrogen) atoms. The molecule has 0 aromatic rings. The normalized spacial score (nSPS) is 46.4. The fourth-order valence-corrected chi connectivity index (χ4v) is 2.74. The van der Waals surface area contributed by atoms with E-state index in [-0.39, 0.29) is 17.5 Å². The number of carbonyl (C=O) groups is 1. The van der Waals surface area contributed by atoms with E-state index >= 15 is 0 Å². The molecule has 2 aliphatic rings. The molecule has 80 valence electrons. The molecule has 1 aliphatic heterocycles. The highest BCUT2D eigenvalue weighted by Gasteiger charge is 2.55. The van der Waals surface area contributed by atoms with Crippen LogP contribution < -0.4 is 0 Å². The van der Waals surface area contributed by atoms with Crippen molar-refractivity contribution in [3.05, 3.63) is 0 Å². The Morgan fingerprint density at radius 1 is 1.50 bits per heavy atom. The zero-order valence-electron chi connectivity index (χ0n) is 9.08. The predicted molar refractivity (Wildman–Crippen MR) is 51.8 cm³/mol. The van der Waals surface area contributed by atoms with E-state index in [0.29, 0.717) is 11.8 Å². The van der Waals surface area contributed by atoms with Gasteiger partial charge in [0.1, 0.15) is 0 Å². The number of methoxy groups -OCH3 is 1. The Hall–Kier alpha value is -0.570. The summed E-state index contributed by atoms with van der Waals surface area (Å²) < 4.78 is 10.3. The smallest absolute Gasteiger partial charge is 0.309 e. The van der Waals surface area contributed by atoms with Crippen LogP contribution in [0, 0.1) is 17.8 Å². The Morgan fingerprint density at radius 3 is 2.64 bits per heavy atom. The molecule has 1 saturated carbocycles. The minimum absolute atomic E-state index is 0.0381. The molecule has 1 unspecified atom stereocenters. The molecule has 0 spiro atoms. The fraction of sp³-hybridized carbons (Fsp3) is 0.909. The third-order valence-electron chi connectivity index (χ3n) is 3.84. The number of rotatable bonds is 2. The molecule has 1 saturated heterocycles. The van der Waals surface area contributed by atoms with Crippen LogP contribution >= 0.6 is 0 Å². The molecule has 0 aromatic carbocycles. The summed E-state index contributed by atoms with van der Waals surface area (Å²) in [5.74, 6) is 0.794. The van der Waals surface area contributed by atoms with Crippen LogP contribution in [0.2, 0.25) is 0 Å². The Bertz CT molecular complexity index is 245. The molecule has 0 N–H and O–H groups in total. The van der Waals surface area contributed by atoms with E-state index in [0.717, 1.165) is 19.4 Å². The van der Waals surface area contributed by atoms with Crippen molar-refractivity contribution in [3.8, 4) is 0 Å². The van der Waals surface area contributed by atoms with Crippen LogP contribution in [0.5, 0.6) is 0 Å². The highest BCUT2D eigenvalue weighted by atomic mass is 16.6. The third-order valence-corrected chi connectivity index (χ3v) is 3.84. The lowest BCUT2D eigenvalue weighted by atomic mass is 9.82. The maximum atomic E-state index is 11.6. The number of carbonyl (C=O) groups excluding carboxylic acids is 1. The lowest BCUT2D eigenvalue weighted by molar-refractivity contribution is -0.149. The van der Waals surface area contributed by atoms with Crippen LogP contribution in [-0.2, 0) is 14.3 Å². The van der Waals surface area contributed by atoms with Crippen molar-refractivity contribution in [1.82, 2.24) is 0 Å². The maximum absolute atomic E-state index is 11.6. The topological polar surface area (TPSA) is 38.8 Å². The van der Waals surface area contributed by atoms with Crippen molar-refractivity contribution in [1.29, 1.82) is 0 Å². The number of ether oxygens (including phenoxy) is 2. The van der Waals surface area contributed by atoms with E-state index in [9.17, 15) is 4.79 Å². The van der Waals surface area contributed by atoms with Gasteiger partial charge in [0.2, 0.25) is 0 Å². The Kier molecular flexibility index (Phi) is 2.30. The first-order valence-corrected chi connectivity index (χ1v) is 5.30. The minimum Gasteiger partial charge on any atom is -0.469 e. The number of hydrogen-bond acceptors (Lipinski definition) is 3. The molecule has 3 heteroatoms. The van der Waals surface area contributed by atoms with Gasteiger partial charge in [-0.3, -0.25) is 4.79 Å². The lowest BCUT2D eigenvalue weighted by Gasteiger charge is -2.23. The second kappa shape index (κ2) is 3.23. The van der Waals surface area contributed by atoms with Gasteiger partial charge in [0.25, 0.3) is 0 Å². The van der Waals surface area contributed by atoms with Gasteiger partial charge in [0, 0.05) is 5.92 Å². The lowest BCUT2D eigenvalue weighted by Crippen LogP contribution is -2.32. The van der Waals surface area contributed by atoms with Crippen molar-refractivity contribution >= 4 is 5.97 Å². The molecule has 2 fully saturated rings. The van der Waals surface area contributed by atoms with Gasteiger partial charge in [-0.15, -0.1) is 0 Å². The second-order valence-corrected chi connectivity index (χ2v) is 4.81. The highest BCUT2D eigenvalue weighted by molar-refractivity contribution is 5.73. The average molecular weight is 198 g/mol. The van der Waals surface area contributed by atoms with Crippen molar-refractivity contribution in [2.24, 2.45) is 17.8 Å². The molecular formula is C11H18O3. The van der Waals surface area contributed by atoms with Crippen LogP contribution in [-0.4, -0.2) is 25.3 Å². The molecule has 1 aliphatic carbocycles. The van der Waals surface area contributed by atoms with E-state index in [1.54, 1.807) is 0 Å². The molecule has 0 aromatic heterocycles. The summed E-state index contributed by atoms with van der Waals surface area (Å²) in [6.45, 7) is 5.04. The minimum atomic E-state index is -0.0586. The summed E-state index contributed by atoms with van der Waals surface area (Å²) in [6.07, 6.45) is 2.21. The number of esters is 1. The standard InChI is InChI=1S/C11H18O3/c1-7-4-5-8(11(2)6-14-11)9(7)10(12)13-3/h7-9H,4-6H2,1-3H3/t7-,8+,9+,11?/m0/s1. The van der Waals surface area contributed by atoms with Crippen LogP contribution in [0.4, 0.5) is 0 Å². The molecule has 1 heterocycles. The number of epoxide rings is 1. The van der Waals surface area contributed by atoms with E-state index in [1.165, 1.54) is 7.11 Å². The van der Waals surface area contributed by atoms with Gasteiger partial charge in [-0.1, -0.05) is 6.92 Å². The van der Waals surface area contributed by atoms with Crippen molar-refractivity contribution in [2.75, 3.05) is 13.7 Å². The van der Waals surface area contributed by atoms with Crippen molar-refractivity contribution in [3.63, 3.8) is 0 Å². The monoisotopic (exact) mass is 198 g/mol. The van der Waals surface area contributed by atoms with Crippen molar-refractivity contribution in [2.45, 2.75) is 32.3 Å². The largest absolute Gasteiger partial charge is 0.469 e.